The van der Waals surface area contributed by atoms with Crippen molar-refractivity contribution in [3.63, 3.8) is 0 Å². The highest BCUT2D eigenvalue weighted by molar-refractivity contribution is 5.32. The van der Waals surface area contributed by atoms with Crippen molar-refractivity contribution in [2.45, 2.75) is 19.4 Å². The van der Waals surface area contributed by atoms with Gasteiger partial charge in [-0.05, 0) is 31.5 Å². The van der Waals surface area contributed by atoms with Gasteiger partial charge in [0.2, 0.25) is 5.88 Å². The van der Waals surface area contributed by atoms with Crippen LogP contribution >= 0.6 is 0 Å². The standard InChI is InChI=1S/C14H16N2O/c1-11(15)10-12-6-5-9-16-14(12)17-13-7-3-2-4-8-13/h2-9,11H,10,15H2,1H3. The number of nitrogens with zero attached hydrogens (tertiary/aromatic N) is 1. The molecule has 1 heterocycles. The van der Waals surface area contributed by atoms with Crippen molar-refractivity contribution in [3.8, 4) is 11.6 Å². The number of benzene rings is 1. The summed E-state index contributed by atoms with van der Waals surface area (Å²) in [5, 5.41) is 0. The molecule has 1 aromatic heterocycles. The van der Waals surface area contributed by atoms with Crippen molar-refractivity contribution in [1.29, 1.82) is 0 Å². The molecule has 0 fully saturated rings. The minimum Gasteiger partial charge on any atom is -0.439 e. The molecule has 0 aliphatic heterocycles. The topological polar surface area (TPSA) is 48.1 Å². The first-order valence-corrected chi connectivity index (χ1v) is 5.68. The fourth-order valence-corrected chi connectivity index (χ4v) is 1.62. The van der Waals surface area contributed by atoms with E-state index >= 15 is 0 Å². The van der Waals surface area contributed by atoms with E-state index in [1.54, 1.807) is 6.20 Å². The van der Waals surface area contributed by atoms with E-state index in [0.29, 0.717) is 5.88 Å². The number of aromatic nitrogens is 1. The summed E-state index contributed by atoms with van der Waals surface area (Å²) >= 11 is 0. The van der Waals surface area contributed by atoms with Gasteiger partial charge in [-0.2, -0.15) is 0 Å². The maximum absolute atomic E-state index is 5.80. The van der Waals surface area contributed by atoms with Gasteiger partial charge in [0.1, 0.15) is 5.75 Å². The molecule has 0 aliphatic carbocycles. The maximum Gasteiger partial charge on any atom is 0.222 e. The molecule has 2 N–H and O–H groups in total. The Bertz CT molecular complexity index is 469. The second kappa shape index (κ2) is 5.46. The highest BCUT2D eigenvalue weighted by Crippen LogP contribution is 2.23. The highest BCUT2D eigenvalue weighted by atomic mass is 16.5. The summed E-state index contributed by atoms with van der Waals surface area (Å²) in [5.41, 5.74) is 6.84. The number of hydrogen-bond acceptors (Lipinski definition) is 3. The molecule has 0 spiro atoms. The molecule has 2 rings (SSSR count). The highest BCUT2D eigenvalue weighted by Gasteiger charge is 2.07. The van der Waals surface area contributed by atoms with E-state index in [4.69, 9.17) is 10.5 Å². The van der Waals surface area contributed by atoms with Gasteiger partial charge < -0.3 is 10.5 Å². The van der Waals surface area contributed by atoms with Gasteiger partial charge >= 0.3 is 0 Å². The van der Waals surface area contributed by atoms with Crippen LogP contribution in [0.1, 0.15) is 12.5 Å². The minimum atomic E-state index is 0.0947. The molecule has 17 heavy (non-hydrogen) atoms. The lowest BCUT2D eigenvalue weighted by atomic mass is 10.1. The minimum absolute atomic E-state index is 0.0947. The monoisotopic (exact) mass is 228 g/mol. The molecule has 88 valence electrons. The Kier molecular flexibility index (Phi) is 3.73. The summed E-state index contributed by atoms with van der Waals surface area (Å²) in [4.78, 5) is 4.25. The molecule has 1 unspecified atom stereocenters. The van der Waals surface area contributed by atoms with Crippen LogP contribution in [0.3, 0.4) is 0 Å². The van der Waals surface area contributed by atoms with E-state index in [1.165, 1.54) is 0 Å². The molecule has 0 bridgehead atoms. The third-order valence-electron chi connectivity index (χ3n) is 2.35. The van der Waals surface area contributed by atoms with Crippen molar-refractivity contribution in [2.24, 2.45) is 5.73 Å². The van der Waals surface area contributed by atoms with E-state index in [2.05, 4.69) is 4.98 Å². The average molecular weight is 228 g/mol. The van der Waals surface area contributed by atoms with Gasteiger partial charge in [0.05, 0.1) is 0 Å². The van der Waals surface area contributed by atoms with Crippen molar-refractivity contribution in [2.75, 3.05) is 0 Å². The van der Waals surface area contributed by atoms with Gasteiger partial charge in [0, 0.05) is 17.8 Å². The normalized spacial score (nSPS) is 12.1. The zero-order valence-corrected chi connectivity index (χ0v) is 9.84. The van der Waals surface area contributed by atoms with Crippen LogP contribution in [0.15, 0.2) is 48.7 Å². The van der Waals surface area contributed by atoms with Crippen molar-refractivity contribution >= 4 is 0 Å². The summed E-state index contributed by atoms with van der Waals surface area (Å²) in [6.07, 6.45) is 2.49. The van der Waals surface area contributed by atoms with Crippen LogP contribution in [-0.4, -0.2) is 11.0 Å². The summed E-state index contributed by atoms with van der Waals surface area (Å²) < 4.78 is 5.74. The van der Waals surface area contributed by atoms with Crippen molar-refractivity contribution in [3.05, 3.63) is 54.2 Å². The van der Waals surface area contributed by atoms with Gasteiger partial charge in [-0.1, -0.05) is 24.3 Å². The van der Waals surface area contributed by atoms with Gasteiger partial charge in [-0.3, -0.25) is 0 Å². The zero-order chi connectivity index (χ0) is 12.1. The Balaban J connectivity index is 2.20. The lowest BCUT2D eigenvalue weighted by Gasteiger charge is -2.11. The molecule has 0 amide bonds. The second-order valence-corrected chi connectivity index (χ2v) is 4.06. The Hall–Kier alpha value is -1.87. The Morgan fingerprint density at radius 1 is 1.18 bits per heavy atom. The molecule has 3 heteroatoms. The summed E-state index contributed by atoms with van der Waals surface area (Å²) in [7, 11) is 0. The first-order valence-electron chi connectivity index (χ1n) is 5.68. The predicted molar refractivity (Wildman–Crippen MR) is 68.1 cm³/mol. The van der Waals surface area contributed by atoms with Crippen molar-refractivity contribution < 1.29 is 4.74 Å². The van der Waals surface area contributed by atoms with E-state index in [-0.39, 0.29) is 6.04 Å². The Morgan fingerprint density at radius 3 is 2.65 bits per heavy atom. The Labute approximate surface area is 101 Å². The number of pyridine rings is 1. The molecule has 1 atom stereocenters. The molecule has 0 aliphatic rings. The SMILES string of the molecule is CC(N)Cc1cccnc1Oc1ccccc1. The molecule has 0 saturated carbocycles. The first-order chi connectivity index (χ1) is 8.25. The van der Waals surface area contributed by atoms with E-state index in [1.807, 2.05) is 49.4 Å². The van der Waals surface area contributed by atoms with Crippen molar-refractivity contribution in [1.82, 2.24) is 4.98 Å². The third-order valence-corrected chi connectivity index (χ3v) is 2.35. The number of nitrogens with two attached hydrogens (primary N) is 1. The molecule has 1 aromatic carbocycles. The van der Waals surface area contributed by atoms with Gasteiger partial charge in [-0.25, -0.2) is 4.98 Å². The zero-order valence-electron chi connectivity index (χ0n) is 9.84. The molecule has 2 aromatic rings. The second-order valence-electron chi connectivity index (χ2n) is 4.06. The predicted octanol–water partition coefficient (Wildman–Crippen LogP) is 2.76. The fourth-order valence-electron chi connectivity index (χ4n) is 1.62. The summed E-state index contributed by atoms with van der Waals surface area (Å²) in [6, 6.07) is 13.6. The number of hydrogen-bond donors (Lipinski definition) is 1. The lowest BCUT2D eigenvalue weighted by molar-refractivity contribution is 0.454. The maximum atomic E-state index is 5.80. The van der Waals surface area contributed by atoms with E-state index in [0.717, 1.165) is 17.7 Å². The molecular formula is C14H16N2O. The largest absolute Gasteiger partial charge is 0.439 e. The van der Waals surface area contributed by atoms with Gasteiger partial charge in [0.25, 0.3) is 0 Å². The number of para-hydroxylation sites is 1. The van der Waals surface area contributed by atoms with Crippen LogP contribution in [0.2, 0.25) is 0 Å². The lowest BCUT2D eigenvalue weighted by Crippen LogP contribution is -2.18. The van der Waals surface area contributed by atoms with E-state index < -0.39 is 0 Å². The fraction of sp³-hybridized carbons (Fsp3) is 0.214. The van der Waals surface area contributed by atoms with Crippen LogP contribution in [-0.2, 0) is 6.42 Å². The molecule has 3 nitrogen and oxygen atoms in total. The first kappa shape index (κ1) is 11.6. The van der Waals surface area contributed by atoms with Crippen LogP contribution in [0.4, 0.5) is 0 Å². The number of rotatable bonds is 4. The van der Waals surface area contributed by atoms with Crippen LogP contribution in [0.25, 0.3) is 0 Å². The van der Waals surface area contributed by atoms with Gasteiger partial charge in [-0.15, -0.1) is 0 Å². The summed E-state index contributed by atoms with van der Waals surface area (Å²) in [5.74, 6) is 1.42. The van der Waals surface area contributed by atoms with Crippen LogP contribution < -0.4 is 10.5 Å². The average Bonchev–Trinajstić information content (AvgIpc) is 2.32. The molecule has 0 saturated heterocycles. The Morgan fingerprint density at radius 2 is 1.94 bits per heavy atom. The van der Waals surface area contributed by atoms with E-state index in [9.17, 15) is 0 Å². The number of ether oxygens (including phenoxy) is 1. The van der Waals surface area contributed by atoms with Crippen LogP contribution in [0.5, 0.6) is 11.6 Å². The molecular weight excluding hydrogens is 212 g/mol. The molecule has 0 radical (unpaired) electrons. The quantitative estimate of drug-likeness (QED) is 0.875. The van der Waals surface area contributed by atoms with Gasteiger partial charge in [0.15, 0.2) is 0 Å². The summed E-state index contributed by atoms with van der Waals surface area (Å²) in [6.45, 7) is 1.97. The third kappa shape index (κ3) is 3.29. The smallest absolute Gasteiger partial charge is 0.222 e. The van der Waals surface area contributed by atoms with Crippen LogP contribution in [0, 0.1) is 0 Å².